The highest BCUT2D eigenvalue weighted by atomic mass is 19.1. The third-order valence-corrected chi connectivity index (χ3v) is 3.58. The van der Waals surface area contributed by atoms with Gasteiger partial charge in [0.15, 0.2) is 0 Å². The van der Waals surface area contributed by atoms with Crippen LogP contribution in [0.4, 0.5) is 4.39 Å². The lowest BCUT2D eigenvalue weighted by Gasteiger charge is -2.23. The van der Waals surface area contributed by atoms with Gasteiger partial charge in [-0.2, -0.15) is 0 Å². The minimum absolute atomic E-state index is 0.0139. The average molecular weight is 265 g/mol. The van der Waals surface area contributed by atoms with Crippen LogP contribution in [0.1, 0.15) is 50.2 Å². The molecule has 0 saturated heterocycles. The quantitative estimate of drug-likeness (QED) is 0.879. The Bertz CT molecular complexity index is 430. The van der Waals surface area contributed by atoms with E-state index in [-0.39, 0.29) is 18.4 Å². The summed E-state index contributed by atoms with van der Waals surface area (Å²) in [6.45, 7) is 0. The van der Waals surface area contributed by atoms with E-state index < -0.39 is 11.9 Å². The molecule has 0 bridgehead atoms. The summed E-state index contributed by atoms with van der Waals surface area (Å²) in [6.07, 6.45) is 4.61. The first-order valence-electron chi connectivity index (χ1n) is 6.88. The van der Waals surface area contributed by atoms with Crippen molar-refractivity contribution in [1.29, 1.82) is 0 Å². The molecule has 1 unspecified atom stereocenters. The molecule has 0 aliphatic heterocycles. The molecule has 4 heteroatoms. The number of hydrogen-bond donors (Lipinski definition) is 2. The molecule has 1 fully saturated rings. The summed E-state index contributed by atoms with van der Waals surface area (Å²) in [5.74, 6) is -0.562. The van der Waals surface area contributed by atoms with E-state index in [1.807, 2.05) is 0 Å². The fourth-order valence-electron chi connectivity index (χ4n) is 2.54. The SMILES string of the molecule is O=C(CC(O)c1cccc(F)c1)NC1CCCCC1. The average Bonchev–Trinajstić information content (AvgIpc) is 2.39. The zero-order chi connectivity index (χ0) is 13.7. The first kappa shape index (κ1) is 14.0. The first-order valence-corrected chi connectivity index (χ1v) is 6.88. The van der Waals surface area contributed by atoms with Crippen LogP contribution < -0.4 is 5.32 Å². The van der Waals surface area contributed by atoms with Gasteiger partial charge in [-0.3, -0.25) is 4.79 Å². The highest BCUT2D eigenvalue weighted by Crippen LogP contribution is 2.20. The number of rotatable bonds is 4. The van der Waals surface area contributed by atoms with E-state index in [0.29, 0.717) is 5.56 Å². The lowest BCUT2D eigenvalue weighted by Crippen LogP contribution is -2.36. The van der Waals surface area contributed by atoms with Gasteiger partial charge in [0, 0.05) is 6.04 Å². The van der Waals surface area contributed by atoms with E-state index in [0.717, 1.165) is 25.7 Å². The summed E-state index contributed by atoms with van der Waals surface area (Å²) in [4.78, 5) is 11.8. The lowest BCUT2D eigenvalue weighted by atomic mass is 9.95. The Morgan fingerprint density at radius 1 is 1.37 bits per heavy atom. The summed E-state index contributed by atoms with van der Waals surface area (Å²) in [7, 11) is 0. The number of carbonyl (C=O) groups is 1. The van der Waals surface area contributed by atoms with E-state index in [1.165, 1.54) is 24.6 Å². The maximum Gasteiger partial charge on any atom is 0.223 e. The van der Waals surface area contributed by atoms with Crippen LogP contribution in [0.25, 0.3) is 0 Å². The van der Waals surface area contributed by atoms with Gasteiger partial charge < -0.3 is 10.4 Å². The number of benzene rings is 1. The molecule has 1 atom stereocenters. The number of nitrogens with one attached hydrogen (secondary N) is 1. The van der Waals surface area contributed by atoms with Crippen LogP contribution in [0.2, 0.25) is 0 Å². The van der Waals surface area contributed by atoms with Crippen LogP contribution >= 0.6 is 0 Å². The van der Waals surface area contributed by atoms with Crippen molar-refractivity contribution in [3.8, 4) is 0 Å². The van der Waals surface area contributed by atoms with Crippen molar-refractivity contribution in [2.24, 2.45) is 0 Å². The third-order valence-electron chi connectivity index (χ3n) is 3.58. The number of amides is 1. The zero-order valence-electron chi connectivity index (χ0n) is 10.9. The van der Waals surface area contributed by atoms with Crippen LogP contribution in [0.15, 0.2) is 24.3 Å². The molecule has 0 heterocycles. The smallest absolute Gasteiger partial charge is 0.223 e. The van der Waals surface area contributed by atoms with E-state index >= 15 is 0 Å². The van der Waals surface area contributed by atoms with Crippen LogP contribution in [-0.2, 0) is 4.79 Å². The van der Waals surface area contributed by atoms with E-state index in [9.17, 15) is 14.3 Å². The molecule has 104 valence electrons. The number of aliphatic hydroxyl groups excluding tert-OH is 1. The molecule has 0 radical (unpaired) electrons. The van der Waals surface area contributed by atoms with Crippen LogP contribution in [0.3, 0.4) is 0 Å². The molecular weight excluding hydrogens is 245 g/mol. The van der Waals surface area contributed by atoms with Crippen LogP contribution in [0, 0.1) is 5.82 Å². The van der Waals surface area contributed by atoms with Crippen molar-refractivity contribution in [2.45, 2.75) is 50.7 Å². The summed E-state index contributed by atoms with van der Waals surface area (Å²) in [5.41, 5.74) is 0.443. The summed E-state index contributed by atoms with van der Waals surface area (Å²) in [5, 5.41) is 12.9. The highest BCUT2D eigenvalue weighted by molar-refractivity contribution is 5.77. The normalized spacial score (nSPS) is 18.0. The molecule has 2 N–H and O–H groups in total. The predicted octanol–water partition coefficient (Wildman–Crippen LogP) is 2.70. The largest absolute Gasteiger partial charge is 0.388 e. The lowest BCUT2D eigenvalue weighted by molar-refractivity contribution is -0.124. The maximum absolute atomic E-state index is 13.0. The Hall–Kier alpha value is -1.42. The molecule has 2 rings (SSSR count). The van der Waals surface area contributed by atoms with Gasteiger partial charge in [-0.1, -0.05) is 31.4 Å². The van der Waals surface area contributed by atoms with Crippen molar-refractivity contribution in [3.05, 3.63) is 35.6 Å². The number of aliphatic hydroxyl groups is 1. The monoisotopic (exact) mass is 265 g/mol. The van der Waals surface area contributed by atoms with Crippen LogP contribution in [-0.4, -0.2) is 17.1 Å². The number of carbonyl (C=O) groups excluding carboxylic acids is 1. The van der Waals surface area contributed by atoms with Gasteiger partial charge >= 0.3 is 0 Å². The predicted molar refractivity (Wildman–Crippen MR) is 71.0 cm³/mol. The van der Waals surface area contributed by atoms with Gasteiger partial charge in [-0.05, 0) is 30.5 Å². The maximum atomic E-state index is 13.0. The topological polar surface area (TPSA) is 49.3 Å². The molecule has 0 aromatic heterocycles. The fourth-order valence-corrected chi connectivity index (χ4v) is 2.54. The summed E-state index contributed by atoms with van der Waals surface area (Å²) >= 11 is 0. The van der Waals surface area contributed by atoms with Crippen molar-refractivity contribution in [3.63, 3.8) is 0 Å². The van der Waals surface area contributed by atoms with Gasteiger partial charge in [0.2, 0.25) is 5.91 Å². The second-order valence-corrected chi connectivity index (χ2v) is 5.18. The van der Waals surface area contributed by atoms with E-state index in [2.05, 4.69) is 5.32 Å². The Morgan fingerprint density at radius 2 is 2.11 bits per heavy atom. The zero-order valence-corrected chi connectivity index (χ0v) is 10.9. The molecule has 1 amide bonds. The third kappa shape index (κ3) is 4.31. The minimum Gasteiger partial charge on any atom is -0.388 e. The van der Waals surface area contributed by atoms with Gasteiger partial charge in [0.25, 0.3) is 0 Å². The number of hydrogen-bond acceptors (Lipinski definition) is 2. The van der Waals surface area contributed by atoms with E-state index in [4.69, 9.17) is 0 Å². The molecule has 3 nitrogen and oxygen atoms in total. The second-order valence-electron chi connectivity index (χ2n) is 5.18. The van der Waals surface area contributed by atoms with Crippen molar-refractivity contribution >= 4 is 5.91 Å². The van der Waals surface area contributed by atoms with Gasteiger partial charge in [0.1, 0.15) is 5.82 Å². The highest BCUT2D eigenvalue weighted by Gasteiger charge is 2.18. The summed E-state index contributed by atoms with van der Waals surface area (Å²) < 4.78 is 13.0. The molecular formula is C15H20FNO2. The molecule has 1 aliphatic carbocycles. The number of halogens is 1. The molecule has 1 aliphatic rings. The first-order chi connectivity index (χ1) is 9.15. The van der Waals surface area contributed by atoms with Gasteiger partial charge in [0.05, 0.1) is 12.5 Å². The van der Waals surface area contributed by atoms with Gasteiger partial charge in [-0.15, -0.1) is 0 Å². The molecule has 1 aromatic rings. The summed E-state index contributed by atoms with van der Waals surface area (Å²) in [6, 6.07) is 5.98. The molecule has 19 heavy (non-hydrogen) atoms. The Morgan fingerprint density at radius 3 is 2.79 bits per heavy atom. The molecule has 1 saturated carbocycles. The van der Waals surface area contributed by atoms with Crippen LogP contribution in [0.5, 0.6) is 0 Å². The second kappa shape index (κ2) is 6.66. The molecule has 1 aromatic carbocycles. The Balaban J connectivity index is 1.84. The Labute approximate surface area is 112 Å². The fraction of sp³-hybridized carbons (Fsp3) is 0.533. The van der Waals surface area contributed by atoms with Gasteiger partial charge in [-0.25, -0.2) is 4.39 Å². The van der Waals surface area contributed by atoms with Crippen molar-refractivity contribution in [1.82, 2.24) is 5.32 Å². The van der Waals surface area contributed by atoms with Crippen molar-refractivity contribution in [2.75, 3.05) is 0 Å². The van der Waals surface area contributed by atoms with Crippen molar-refractivity contribution < 1.29 is 14.3 Å². The molecule has 0 spiro atoms. The minimum atomic E-state index is -0.945. The standard InChI is InChI=1S/C15H20FNO2/c16-12-6-4-5-11(9-12)14(18)10-15(19)17-13-7-2-1-3-8-13/h4-6,9,13-14,18H,1-3,7-8,10H2,(H,17,19). The van der Waals surface area contributed by atoms with E-state index in [1.54, 1.807) is 6.07 Å². The Kier molecular flexibility index (Phi) is 4.91.